The molecule has 0 aromatic rings. The van der Waals surface area contributed by atoms with Crippen LogP contribution < -0.4 is 0 Å². The van der Waals surface area contributed by atoms with Crippen LogP contribution in [0.15, 0.2) is 0 Å². The molecule has 0 aromatic carbocycles. The summed E-state index contributed by atoms with van der Waals surface area (Å²) < 4.78 is 220. The third kappa shape index (κ3) is 3.82. The van der Waals surface area contributed by atoms with E-state index in [1.54, 1.807) is 0 Å². The summed E-state index contributed by atoms with van der Waals surface area (Å²) in [7, 11) is -7.02. The van der Waals surface area contributed by atoms with Gasteiger partial charge in [0.1, 0.15) is 0 Å². The molecule has 3 nitrogen and oxygen atoms in total. The molecule has 19 heteroatoms. The van der Waals surface area contributed by atoms with Gasteiger partial charge in [0.25, 0.3) is 11.9 Å². The van der Waals surface area contributed by atoms with Gasteiger partial charge in [0.05, 0.1) is 0 Å². The standard InChI is InChI=1S/C9H5F15O3S/c10-1(3(12)13)2(11)5(15,16)7(19,20)9(23,24)8(21,22)6(17,18)4(14)28(25,26)27/h1-4H,(H,25,26,27). The molecule has 28 heavy (non-hydrogen) atoms. The first-order valence-electron chi connectivity index (χ1n) is 5.98. The van der Waals surface area contributed by atoms with E-state index in [2.05, 4.69) is 0 Å². The molecule has 0 amide bonds. The maximum Gasteiger partial charge on any atom is 0.384 e. The Kier molecular flexibility index (Phi) is 6.98. The van der Waals surface area contributed by atoms with Gasteiger partial charge in [0.15, 0.2) is 6.17 Å². The molecular formula is C9H5F15O3S. The second-order valence-corrected chi connectivity index (χ2v) is 6.42. The SMILES string of the molecule is O=S(=O)(O)C(F)C(F)(F)C(F)(F)C(F)(F)C(F)(F)C(F)(F)C(F)C(F)C(F)F. The van der Waals surface area contributed by atoms with Crippen molar-refractivity contribution in [1.29, 1.82) is 0 Å². The molecule has 0 heterocycles. The van der Waals surface area contributed by atoms with Crippen molar-refractivity contribution in [3.05, 3.63) is 0 Å². The fourth-order valence-electron chi connectivity index (χ4n) is 1.45. The second kappa shape index (κ2) is 7.28. The first kappa shape index (κ1) is 26.9. The monoisotopic (exact) mass is 478 g/mol. The first-order valence-corrected chi connectivity index (χ1v) is 7.48. The van der Waals surface area contributed by atoms with Crippen molar-refractivity contribution in [3.8, 4) is 0 Å². The number of alkyl halides is 15. The molecular weight excluding hydrogens is 473 g/mol. The summed E-state index contributed by atoms with van der Waals surface area (Å²) in [5.74, 6) is -39.6. The zero-order valence-corrected chi connectivity index (χ0v) is 13.0. The molecule has 0 aliphatic carbocycles. The summed E-state index contributed by atoms with van der Waals surface area (Å²) in [6.07, 6.45) is -15.5. The number of rotatable bonds is 9. The van der Waals surface area contributed by atoms with Gasteiger partial charge in [-0.3, -0.25) is 4.55 Å². The summed E-state index contributed by atoms with van der Waals surface area (Å²) in [4.78, 5) is 0. The lowest BCUT2D eigenvalue weighted by atomic mass is 9.91. The van der Waals surface area contributed by atoms with Crippen LogP contribution in [0.5, 0.6) is 0 Å². The molecule has 3 unspecified atom stereocenters. The average molecular weight is 478 g/mol. The molecule has 0 aliphatic heterocycles. The van der Waals surface area contributed by atoms with E-state index in [1.807, 2.05) is 0 Å². The molecule has 1 N–H and O–H groups in total. The van der Waals surface area contributed by atoms with Gasteiger partial charge in [-0.25, -0.2) is 22.0 Å². The van der Waals surface area contributed by atoms with E-state index in [9.17, 15) is 74.3 Å². The molecule has 0 saturated carbocycles. The highest BCUT2D eigenvalue weighted by atomic mass is 32.2. The van der Waals surface area contributed by atoms with E-state index in [4.69, 9.17) is 4.55 Å². The van der Waals surface area contributed by atoms with Crippen LogP contribution >= 0.6 is 0 Å². The molecule has 0 rings (SSSR count). The average Bonchev–Trinajstić information content (AvgIpc) is 2.50. The van der Waals surface area contributed by atoms with Crippen LogP contribution in [0, 0.1) is 0 Å². The molecule has 0 spiro atoms. The Morgan fingerprint density at radius 3 is 1.21 bits per heavy atom. The highest BCUT2D eigenvalue weighted by Gasteiger charge is 2.89. The van der Waals surface area contributed by atoms with E-state index in [1.165, 1.54) is 0 Å². The van der Waals surface area contributed by atoms with E-state index >= 15 is 0 Å². The Hall–Kier alpha value is -1.14. The van der Waals surface area contributed by atoms with Crippen LogP contribution in [0.2, 0.25) is 0 Å². The van der Waals surface area contributed by atoms with Crippen molar-refractivity contribution < 1.29 is 78.8 Å². The van der Waals surface area contributed by atoms with E-state index in [-0.39, 0.29) is 0 Å². The van der Waals surface area contributed by atoms with E-state index in [0.29, 0.717) is 0 Å². The molecule has 0 aliphatic rings. The van der Waals surface area contributed by atoms with Gasteiger partial charge < -0.3 is 0 Å². The highest BCUT2D eigenvalue weighted by molar-refractivity contribution is 7.86. The van der Waals surface area contributed by atoms with Crippen molar-refractivity contribution in [2.75, 3.05) is 0 Å². The van der Waals surface area contributed by atoms with Crippen LogP contribution in [-0.4, -0.2) is 66.9 Å². The van der Waals surface area contributed by atoms with Gasteiger partial charge >= 0.3 is 39.7 Å². The largest absolute Gasteiger partial charge is 0.384 e. The van der Waals surface area contributed by atoms with Gasteiger partial charge in [-0.1, -0.05) is 0 Å². The highest BCUT2D eigenvalue weighted by Crippen LogP contribution is 2.59. The predicted molar refractivity (Wildman–Crippen MR) is 57.0 cm³/mol. The molecule has 0 saturated heterocycles. The topological polar surface area (TPSA) is 54.4 Å². The molecule has 0 fully saturated rings. The fourth-order valence-corrected chi connectivity index (χ4v) is 1.97. The van der Waals surface area contributed by atoms with E-state index in [0.717, 1.165) is 0 Å². The molecule has 0 bridgehead atoms. The Morgan fingerprint density at radius 2 is 0.929 bits per heavy atom. The zero-order valence-electron chi connectivity index (χ0n) is 12.2. The minimum absolute atomic E-state index is 4.89. The van der Waals surface area contributed by atoms with Crippen LogP contribution in [0.3, 0.4) is 0 Å². The fraction of sp³-hybridized carbons (Fsp3) is 1.00. The molecule has 170 valence electrons. The number of halogens is 15. The van der Waals surface area contributed by atoms with Crippen molar-refractivity contribution in [3.63, 3.8) is 0 Å². The molecule has 0 radical (unpaired) electrons. The third-order valence-corrected chi connectivity index (χ3v) is 3.86. The lowest BCUT2D eigenvalue weighted by Gasteiger charge is -2.40. The summed E-state index contributed by atoms with van der Waals surface area (Å²) >= 11 is 0. The van der Waals surface area contributed by atoms with Gasteiger partial charge in [-0.2, -0.15) is 52.3 Å². The van der Waals surface area contributed by atoms with Gasteiger partial charge in [-0.15, -0.1) is 0 Å². The summed E-state index contributed by atoms with van der Waals surface area (Å²) in [5.41, 5.74) is -5.78. The zero-order chi connectivity index (χ0) is 23.3. The Balaban J connectivity index is 6.46. The quantitative estimate of drug-likeness (QED) is 0.398. The van der Waals surface area contributed by atoms with E-state index < -0.39 is 64.0 Å². The lowest BCUT2D eigenvalue weighted by Crippen LogP contribution is -2.71. The first-order chi connectivity index (χ1) is 11.9. The van der Waals surface area contributed by atoms with Crippen LogP contribution in [0.1, 0.15) is 0 Å². The van der Waals surface area contributed by atoms with Gasteiger partial charge in [-0.05, 0) is 0 Å². The maximum atomic E-state index is 13.2. The van der Waals surface area contributed by atoms with Crippen molar-refractivity contribution in [1.82, 2.24) is 0 Å². The second-order valence-electron chi connectivity index (χ2n) is 4.98. The van der Waals surface area contributed by atoms with Crippen molar-refractivity contribution in [2.24, 2.45) is 0 Å². The smallest absolute Gasteiger partial charge is 0.283 e. The minimum atomic E-state index is -8.27. The van der Waals surface area contributed by atoms with Gasteiger partial charge in [0, 0.05) is 0 Å². The lowest BCUT2D eigenvalue weighted by molar-refractivity contribution is -0.412. The van der Waals surface area contributed by atoms with Gasteiger partial charge in [0.2, 0.25) is 6.17 Å². The summed E-state index contributed by atoms with van der Waals surface area (Å²) in [6, 6.07) is 0. The van der Waals surface area contributed by atoms with Crippen molar-refractivity contribution >= 4 is 10.1 Å². The van der Waals surface area contributed by atoms with Crippen LogP contribution in [-0.2, 0) is 10.1 Å². The summed E-state index contributed by atoms with van der Waals surface area (Å²) in [5, 5.41) is 0. The van der Waals surface area contributed by atoms with Crippen LogP contribution in [0.25, 0.3) is 0 Å². The van der Waals surface area contributed by atoms with Crippen LogP contribution in [0.4, 0.5) is 65.9 Å². The maximum absolute atomic E-state index is 13.2. The summed E-state index contributed by atoms with van der Waals surface area (Å²) in [6.45, 7) is 0. The molecule has 3 atom stereocenters. The Labute approximate surface area is 144 Å². The molecule has 0 aromatic heterocycles. The third-order valence-electron chi connectivity index (χ3n) is 3.04. The minimum Gasteiger partial charge on any atom is -0.283 e. The normalized spacial score (nSPS) is 18.9. The van der Waals surface area contributed by atoms with Crippen molar-refractivity contribution in [2.45, 2.75) is 53.9 Å². The number of hydrogen-bond acceptors (Lipinski definition) is 2. The number of hydrogen-bond donors (Lipinski definition) is 1. The Morgan fingerprint density at radius 1 is 0.607 bits per heavy atom. The Bertz CT molecular complexity index is 660. The predicted octanol–water partition coefficient (Wildman–Crippen LogP) is 4.29.